The Morgan fingerprint density at radius 1 is 1.38 bits per heavy atom. The highest BCUT2D eigenvalue weighted by atomic mass is 16.5. The fourth-order valence-electron chi connectivity index (χ4n) is 1.70. The van der Waals surface area contributed by atoms with Crippen LogP contribution in [0.15, 0.2) is 53.0 Å². The van der Waals surface area contributed by atoms with Gasteiger partial charge in [0.15, 0.2) is 11.6 Å². The van der Waals surface area contributed by atoms with Crippen molar-refractivity contribution in [2.45, 2.75) is 19.8 Å². The van der Waals surface area contributed by atoms with Gasteiger partial charge in [-0.05, 0) is 31.9 Å². The van der Waals surface area contributed by atoms with Gasteiger partial charge in [0.25, 0.3) is 0 Å². The Labute approximate surface area is 124 Å². The molecule has 0 saturated carbocycles. The Kier molecular flexibility index (Phi) is 6.74. The van der Waals surface area contributed by atoms with Crippen LogP contribution in [-0.4, -0.2) is 30.4 Å². The second-order valence-corrected chi connectivity index (χ2v) is 4.14. The zero-order valence-corrected chi connectivity index (χ0v) is 12.2. The first-order valence-electron chi connectivity index (χ1n) is 6.49. The number of ether oxygens (including phenoxy) is 1. The molecule has 0 N–H and O–H groups in total. The SMILES string of the molecule is C=NC(C(=O)CCC(=O)c1ccccn1)=C(C=CC)OC. The molecule has 0 aliphatic carbocycles. The summed E-state index contributed by atoms with van der Waals surface area (Å²) in [4.78, 5) is 31.7. The number of carbonyl (C=O) groups excluding carboxylic acids is 2. The van der Waals surface area contributed by atoms with Crippen LogP contribution in [0.2, 0.25) is 0 Å². The third kappa shape index (κ3) is 4.80. The highest BCUT2D eigenvalue weighted by Gasteiger charge is 2.16. The monoisotopic (exact) mass is 286 g/mol. The number of carbonyl (C=O) groups is 2. The lowest BCUT2D eigenvalue weighted by atomic mass is 10.1. The minimum absolute atomic E-state index is 0.0359. The first kappa shape index (κ1) is 16.5. The standard InChI is InChI=1S/C16H18N2O3/c1-4-7-15(21-3)16(17-2)14(20)10-9-13(19)12-8-5-6-11-18-12/h4-8,11H,2,9-10H2,1,3H3. The molecular formula is C16H18N2O3. The Balaban J connectivity index is 2.76. The molecule has 1 aromatic heterocycles. The predicted molar refractivity (Wildman–Crippen MR) is 81.2 cm³/mol. The second-order valence-electron chi connectivity index (χ2n) is 4.14. The zero-order valence-electron chi connectivity index (χ0n) is 12.2. The molecule has 110 valence electrons. The summed E-state index contributed by atoms with van der Waals surface area (Å²) in [5.41, 5.74) is 0.479. The number of allylic oxidation sites excluding steroid dienone is 3. The van der Waals surface area contributed by atoms with Gasteiger partial charge in [0.1, 0.15) is 17.2 Å². The molecule has 0 atom stereocenters. The molecular weight excluding hydrogens is 268 g/mol. The summed E-state index contributed by atoms with van der Waals surface area (Å²) in [6.45, 7) is 5.18. The maximum Gasteiger partial charge on any atom is 0.185 e. The number of nitrogens with zero attached hydrogens (tertiary/aromatic N) is 2. The number of pyridine rings is 1. The van der Waals surface area contributed by atoms with Crippen LogP contribution in [0.4, 0.5) is 0 Å². The first-order chi connectivity index (χ1) is 10.1. The van der Waals surface area contributed by atoms with Crippen LogP contribution in [0.1, 0.15) is 30.3 Å². The van der Waals surface area contributed by atoms with Crippen LogP contribution in [0, 0.1) is 0 Å². The molecule has 0 radical (unpaired) electrons. The third-order valence-electron chi connectivity index (χ3n) is 2.72. The van der Waals surface area contributed by atoms with E-state index in [4.69, 9.17) is 4.74 Å². The molecule has 0 unspecified atom stereocenters. The smallest absolute Gasteiger partial charge is 0.185 e. The normalized spacial score (nSPS) is 11.9. The van der Waals surface area contributed by atoms with Gasteiger partial charge < -0.3 is 4.74 Å². The van der Waals surface area contributed by atoms with E-state index >= 15 is 0 Å². The van der Waals surface area contributed by atoms with Gasteiger partial charge in [-0.1, -0.05) is 12.1 Å². The molecule has 0 spiro atoms. The van der Waals surface area contributed by atoms with E-state index in [2.05, 4.69) is 16.7 Å². The Hall–Kier alpha value is -2.56. The average molecular weight is 286 g/mol. The Bertz CT molecular complexity index is 574. The molecule has 0 amide bonds. The Morgan fingerprint density at radius 2 is 2.14 bits per heavy atom. The van der Waals surface area contributed by atoms with Crippen LogP contribution in [0.25, 0.3) is 0 Å². The van der Waals surface area contributed by atoms with E-state index in [0.717, 1.165) is 0 Å². The van der Waals surface area contributed by atoms with Crippen molar-refractivity contribution in [3.8, 4) is 0 Å². The topological polar surface area (TPSA) is 68.6 Å². The summed E-state index contributed by atoms with van der Waals surface area (Å²) in [6.07, 6.45) is 5.01. The highest BCUT2D eigenvalue weighted by Crippen LogP contribution is 2.14. The van der Waals surface area contributed by atoms with Crippen molar-refractivity contribution in [2.24, 2.45) is 4.99 Å². The second kappa shape index (κ2) is 8.58. The molecule has 0 aliphatic heterocycles. The molecule has 1 heterocycles. The quantitative estimate of drug-likeness (QED) is 0.242. The number of ketones is 2. The van der Waals surface area contributed by atoms with Gasteiger partial charge >= 0.3 is 0 Å². The maximum atomic E-state index is 12.1. The fraction of sp³-hybridized carbons (Fsp3) is 0.250. The van der Waals surface area contributed by atoms with Crippen molar-refractivity contribution < 1.29 is 14.3 Å². The lowest BCUT2D eigenvalue weighted by Gasteiger charge is -2.06. The van der Waals surface area contributed by atoms with Crippen LogP contribution in [0.5, 0.6) is 0 Å². The minimum Gasteiger partial charge on any atom is -0.494 e. The summed E-state index contributed by atoms with van der Waals surface area (Å²) >= 11 is 0. The molecule has 0 aliphatic rings. The molecule has 1 rings (SSSR count). The van der Waals surface area contributed by atoms with Crippen molar-refractivity contribution in [1.82, 2.24) is 4.98 Å². The molecule has 1 aromatic rings. The number of hydrogen-bond donors (Lipinski definition) is 0. The van der Waals surface area contributed by atoms with E-state index in [9.17, 15) is 9.59 Å². The van der Waals surface area contributed by atoms with Gasteiger partial charge in [0, 0.05) is 19.0 Å². The minimum atomic E-state index is -0.288. The average Bonchev–Trinajstić information content (AvgIpc) is 2.53. The Morgan fingerprint density at radius 3 is 2.67 bits per heavy atom. The third-order valence-corrected chi connectivity index (χ3v) is 2.72. The molecule has 0 fully saturated rings. The molecule has 0 aromatic carbocycles. The number of methoxy groups -OCH3 is 1. The van der Waals surface area contributed by atoms with Crippen LogP contribution in [-0.2, 0) is 9.53 Å². The largest absolute Gasteiger partial charge is 0.494 e. The number of rotatable bonds is 8. The van der Waals surface area contributed by atoms with E-state index in [0.29, 0.717) is 11.5 Å². The number of aliphatic imine (C=N–C) groups is 1. The summed E-state index contributed by atoms with van der Waals surface area (Å²) in [5.74, 6) is -0.135. The lowest BCUT2D eigenvalue weighted by Crippen LogP contribution is -2.09. The van der Waals surface area contributed by atoms with Gasteiger partial charge in [0.05, 0.1) is 7.11 Å². The van der Waals surface area contributed by atoms with E-state index in [1.807, 2.05) is 0 Å². The lowest BCUT2D eigenvalue weighted by molar-refractivity contribution is -0.115. The van der Waals surface area contributed by atoms with Crippen molar-refractivity contribution in [2.75, 3.05) is 7.11 Å². The summed E-state index contributed by atoms with van der Waals surface area (Å²) in [6, 6.07) is 5.08. The number of hydrogen-bond acceptors (Lipinski definition) is 5. The van der Waals surface area contributed by atoms with Gasteiger partial charge in [-0.25, -0.2) is 0 Å². The van der Waals surface area contributed by atoms with E-state index in [-0.39, 0.29) is 30.1 Å². The summed E-state index contributed by atoms with van der Waals surface area (Å²) < 4.78 is 5.10. The van der Waals surface area contributed by atoms with Gasteiger partial charge in [-0.2, -0.15) is 0 Å². The molecule has 5 heteroatoms. The van der Waals surface area contributed by atoms with Crippen molar-refractivity contribution in [3.63, 3.8) is 0 Å². The molecule has 0 saturated heterocycles. The van der Waals surface area contributed by atoms with Gasteiger partial charge in [0.2, 0.25) is 0 Å². The van der Waals surface area contributed by atoms with Gasteiger partial charge in [-0.3, -0.25) is 19.6 Å². The maximum absolute atomic E-state index is 12.1. The fourth-order valence-corrected chi connectivity index (χ4v) is 1.70. The van der Waals surface area contributed by atoms with Crippen molar-refractivity contribution in [1.29, 1.82) is 0 Å². The van der Waals surface area contributed by atoms with E-state index < -0.39 is 0 Å². The number of Topliss-reactive ketones (excluding diaryl/α,β-unsaturated/α-hetero) is 2. The summed E-state index contributed by atoms with van der Waals surface area (Å²) in [5, 5.41) is 0. The number of aromatic nitrogens is 1. The zero-order chi connectivity index (χ0) is 15.7. The van der Waals surface area contributed by atoms with E-state index in [1.54, 1.807) is 43.5 Å². The molecule has 0 bridgehead atoms. The first-order valence-corrected chi connectivity index (χ1v) is 6.49. The highest BCUT2D eigenvalue weighted by molar-refractivity contribution is 6.01. The summed E-state index contributed by atoms with van der Waals surface area (Å²) in [7, 11) is 1.45. The van der Waals surface area contributed by atoms with Crippen molar-refractivity contribution in [3.05, 3.63) is 53.7 Å². The predicted octanol–water partition coefficient (Wildman–Crippen LogP) is 2.75. The molecule has 21 heavy (non-hydrogen) atoms. The van der Waals surface area contributed by atoms with Crippen LogP contribution >= 0.6 is 0 Å². The van der Waals surface area contributed by atoms with E-state index in [1.165, 1.54) is 7.11 Å². The van der Waals surface area contributed by atoms with Crippen LogP contribution in [0.3, 0.4) is 0 Å². The van der Waals surface area contributed by atoms with Gasteiger partial charge in [-0.15, -0.1) is 0 Å². The van der Waals surface area contributed by atoms with Crippen LogP contribution < -0.4 is 0 Å². The van der Waals surface area contributed by atoms with Crippen molar-refractivity contribution >= 4 is 18.3 Å². The molecule has 5 nitrogen and oxygen atoms in total.